The van der Waals surface area contributed by atoms with E-state index in [4.69, 9.17) is 4.74 Å². The lowest BCUT2D eigenvalue weighted by Gasteiger charge is -2.67. The Bertz CT molecular complexity index is 764. The third kappa shape index (κ3) is 2.35. The molecule has 0 aromatic rings. The summed E-state index contributed by atoms with van der Waals surface area (Å²) in [5, 5.41) is 44.8. The summed E-state index contributed by atoms with van der Waals surface area (Å²) < 4.78 is 5.16. The van der Waals surface area contributed by atoms with Crippen molar-refractivity contribution in [3.63, 3.8) is 0 Å². The molecule has 5 aliphatic rings. The monoisotopic (exact) mass is 406 g/mol. The summed E-state index contributed by atoms with van der Waals surface area (Å²) in [7, 11) is 0. The number of rotatable bonds is 1. The fraction of sp³-hybridized carbons (Fsp3) is 0.870. The Morgan fingerprint density at radius 2 is 1.76 bits per heavy atom. The topological polar surface area (TPSA) is 107 Å². The van der Waals surface area contributed by atoms with Gasteiger partial charge < -0.3 is 25.2 Å². The number of esters is 1. The van der Waals surface area contributed by atoms with Gasteiger partial charge in [0.05, 0.1) is 23.4 Å². The van der Waals surface area contributed by atoms with Crippen molar-refractivity contribution in [2.24, 2.45) is 28.6 Å². The summed E-state index contributed by atoms with van der Waals surface area (Å²) >= 11 is 0. The standard InChI is InChI=1S/C23H34O6/c1-20-6-3-16-17(4-7-22(27)11-14(24)10-18(25)21(16,22)2)23(20,28)8-5-15(20)13-9-19(26)29-12-13/h9,14-18,24-25,27-28H,3-8,10-12H2,1-2H3. The molecule has 0 radical (unpaired) electrons. The molecule has 9 atom stereocenters. The van der Waals surface area contributed by atoms with Crippen LogP contribution in [0, 0.1) is 28.6 Å². The zero-order valence-electron chi connectivity index (χ0n) is 17.4. The highest BCUT2D eigenvalue weighted by molar-refractivity contribution is 5.85. The molecule has 0 bridgehead atoms. The lowest BCUT2D eigenvalue weighted by atomic mass is 9.41. The molecule has 6 nitrogen and oxygen atoms in total. The Morgan fingerprint density at radius 1 is 1.03 bits per heavy atom. The van der Waals surface area contributed by atoms with Gasteiger partial charge in [0.25, 0.3) is 0 Å². The molecule has 0 spiro atoms. The molecule has 29 heavy (non-hydrogen) atoms. The number of carbonyl (C=O) groups excluding carboxylic acids is 1. The number of carbonyl (C=O) groups is 1. The predicted octanol–water partition coefficient (Wildman–Crippen LogP) is 1.69. The molecule has 4 fully saturated rings. The van der Waals surface area contributed by atoms with Crippen molar-refractivity contribution >= 4 is 5.97 Å². The van der Waals surface area contributed by atoms with E-state index in [0.29, 0.717) is 32.3 Å². The third-order valence-corrected chi connectivity index (χ3v) is 10.2. The van der Waals surface area contributed by atoms with Crippen molar-refractivity contribution in [3.05, 3.63) is 11.6 Å². The molecule has 162 valence electrons. The lowest BCUT2D eigenvalue weighted by molar-refractivity contribution is -0.282. The van der Waals surface area contributed by atoms with Crippen molar-refractivity contribution in [3.8, 4) is 0 Å². The minimum atomic E-state index is -1.10. The third-order valence-electron chi connectivity index (χ3n) is 10.2. The van der Waals surface area contributed by atoms with Gasteiger partial charge in [0.2, 0.25) is 0 Å². The van der Waals surface area contributed by atoms with Crippen LogP contribution < -0.4 is 0 Å². The van der Waals surface area contributed by atoms with Crippen LogP contribution in [-0.4, -0.2) is 56.4 Å². The van der Waals surface area contributed by atoms with Gasteiger partial charge in [-0.15, -0.1) is 0 Å². The maximum Gasteiger partial charge on any atom is 0.331 e. The quantitative estimate of drug-likeness (QED) is 0.494. The minimum absolute atomic E-state index is 0.0000378. The molecule has 5 rings (SSSR count). The molecule has 1 aliphatic heterocycles. The average Bonchev–Trinajstić information content (AvgIpc) is 3.17. The first-order valence-electron chi connectivity index (χ1n) is 11.2. The Balaban J connectivity index is 1.51. The van der Waals surface area contributed by atoms with Crippen molar-refractivity contribution in [1.82, 2.24) is 0 Å². The van der Waals surface area contributed by atoms with Gasteiger partial charge in [-0.3, -0.25) is 0 Å². The number of ether oxygens (including phenoxy) is 1. The first kappa shape index (κ1) is 20.0. The lowest BCUT2D eigenvalue weighted by Crippen LogP contribution is -2.70. The van der Waals surface area contributed by atoms with Gasteiger partial charge >= 0.3 is 5.97 Å². The molecular weight excluding hydrogens is 372 g/mol. The maximum absolute atomic E-state index is 12.1. The highest BCUT2D eigenvalue weighted by Gasteiger charge is 2.71. The van der Waals surface area contributed by atoms with Crippen molar-refractivity contribution in [2.45, 2.75) is 88.6 Å². The predicted molar refractivity (Wildman–Crippen MR) is 105 cm³/mol. The molecule has 0 saturated heterocycles. The summed E-state index contributed by atoms with van der Waals surface area (Å²) in [6.07, 6.45) is 5.06. The van der Waals surface area contributed by atoms with Crippen LogP contribution in [0.2, 0.25) is 0 Å². The molecule has 9 unspecified atom stereocenters. The van der Waals surface area contributed by atoms with Crippen LogP contribution in [0.3, 0.4) is 0 Å². The van der Waals surface area contributed by atoms with Gasteiger partial charge in [-0.1, -0.05) is 13.8 Å². The van der Waals surface area contributed by atoms with E-state index in [-0.39, 0.29) is 35.6 Å². The minimum Gasteiger partial charge on any atom is -0.458 e. The normalized spacial score (nSPS) is 56.8. The van der Waals surface area contributed by atoms with E-state index >= 15 is 0 Å². The smallest absolute Gasteiger partial charge is 0.331 e. The molecule has 6 heteroatoms. The van der Waals surface area contributed by atoms with Gasteiger partial charge in [0, 0.05) is 23.3 Å². The maximum atomic E-state index is 12.1. The first-order chi connectivity index (χ1) is 13.6. The van der Waals surface area contributed by atoms with E-state index in [1.165, 1.54) is 0 Å². The molecule has 0 aromatic carbocycles. The Morgan fingerprint density at radius 3 is 2.45 bits per heavy atom. The SMILES string of the molecule is CC12CCC3C(CCC4(O)CC(O)CC(O)C34C)C1(O)CCC2C1=CC(=O)OC1. The van der Waals surface area contributed by atoms with Crippen molar-refractivity contribution in [2.75, 3.05) is 6.61 Å². The first-order valence-corrected chi connectivity index (χ1v) is 11.2. The van der Waals surface area contributed by atoms with Crippen LogP contribution in [0.5, 0.6) is 0 Å². The zero-order chi connectivity index (χ0) is 20.8. The molecule has 4 aliphatic carbocycles. The van der Waals surface area contributed by atoms with Crippen LogP contribution in [-0.2, 0) is 9.53 Å². The van der Waals surface area contributed by atoms with Crippen LogP contribution >= 0.6 is 0 Å². The Hall–Kier alpha value is -0.950. The second-order valence-electron chi connectivity index (χ2n) is 11.0. The summed E-state index contributed by atoms with van der Waals surface area (Å²) in [6, 6.07) is 0. The van der Waals surface area contributed by atoms with Gasteiger partial charge in [-0.25, -0.2) is 4.79 Å². The number of hydrogen-bond acceptors (Lipinski definition) is 6. The van der Waals surface area contributed by atoms with E-state index in [2.05, 4.69) is 6.92 Å². The van der Waals surface area contributed by atoms with E-state index in [9.17, 15) is 25.2 Å². The van der Waals surface area contributed by atoms with Gasteiger partial charge in [-0.05, 0) is 68.3 Å². The molecule has 1 heterocycles. The van der Waals surface area contributed by atoms with Crippen LogP contribution in [0.25, 0.3) is 0 Å². The van der Waals surface area contributed by atoms with Gasteiger partial charge in [0.15, 0.2) is 0 Å². The fourth-order valence-electron chi connectivity index (χ4n) is 8.47. The molecule has 0 amide bonds. The molecule has 0 aromatic heterocycles. The number of aliphatic hydroxyl groups excluding tert-OH is 2. The second-order valence-corrected chi connectivity index (χ2v) is 11.0. The molecular formula is C23H34O6. The zero-order valence-corrected chi connectivity index (χ0v) is 17.4. The summed E-state index contributed by atoms with van der Waals surface area (Å²) in [4.78, 5) is 11.6. The number of hydrogen-bond donors (Lipinski definition) is 4. The van der Waals surface area contributed by atoms with Gasteiger partial charge in [0.1, 0.15) is 6.61 Å². The summed E-state index contributed by atoms with van der Waals surface area (Å²) in [5.74, 6) is -0.144. The van der Waals surface area contributed by atoms with E-state index in [0.717, 1.165) is 24.8 Å². The summed E-state index contributed by atoms with van der Waals surface area (Å²) in [5.41, 5.74) is -2.03. The van der Waals surface area contributed by atoms with Crippen LogP contribution in [0.4, 0.5) is 0 Å². The van der Waals surface area contributed by atoms with Crippen LogP contribution in [0.1, 0.15) is 65.2 Å². The van der Waals surface area contributed by atoms with E-state index in [1.807, 2.05) is 6.92 Å². The molecule has 4 saturated carbocycles. The van der Waals surface area contributed by atoms with Crippen molar-refractivity contribution in [1.29, 1.82) is 0 Å². The Labute approximate surface area is 172 Å². The van der Waals surface area contributed by atoms with E-state index < -0.39 is 28.8 Å². The summed E-state index contributed by atoms with van der Waals surface area (Å²) in [6.45, 7) is 4.47. The Kier molecular flexibility index (Phi) is 4.17. The van der Waals surface area contributed by atoms with Gasteiger partial charge in [-0.2, -0.15) is 0 Å². The van der Waals surface area contributed by atoms with Crippen molar-refractivity contribution < 1.29 is 30.0 Å². The fourth-order valence-corrected chi connectivity index (χ4v) is 8.47. The number of aliphatic hydroxyl groups is 4. The highest BCUT2D eigenvalue weighted by atomic mass is 16.5. The van der Waals surface area contributed by atoms with E-state index in [1.54, 1.807) is 6.08 Å². The average molecular weight is 407 g/mol. The number of cyclic esters (lactones) is 1. The second kappa shape index (κ2) is 6.06. The number of fused-ring (bicyclic) bond motifs is 5. The molecule has 4 N–H and O–H groups in total. The largest absolute Gasteiger partial charge is 0.458 e. The highest BCUT2D eigenvalue weighted by Crippen LogP contribution is 2.70. The van der Waals surface area contributed by atoms with Crippen LogP contribution in [0.15, 0.2) is 11.6 Å².